The molecule has 1 rings (SSSR count). The lowest BCUT2D eigenvalue weighted by atomic mass is 10.0. The Kier molecular flexibility index (Phi) is 10.5. The van der Waals surface area contributed by atoms with Crippen LogP contribution in [0.2, 0.25) is 0 Å². The molecule has 1 aliphatic heterocycles. The lowest BCUT2D eigenvalue weighted by molar-refractivity contribution is -0.138. The quantitative estimate of drug-likeness (QED) is 0.222. The molecule has 0 aromatic heterocycles. The standard InChI is InChI=1S/C18H33N5O5/c1-11(2)15(23-17(27)12-7-5-9-20-12)18(28)22-13(6-3-4-8-19)16(26)21-10-14(24)25/h11-13,15,20H,3-10,19H2,1-2H3,(H,21,26)(H,22,28)(H,23,27)(H,24,25)/t12-,13-,15-/m0/s1. The van der Waals surface area contributed by atoms with Gasteiger partial charge in [0, 0.05) is 0 Å². The largest absolute Gasteiger partial charge is 0.480 e. The predicted molar refractivity (Wildman–Crippen MR) is 103 cm³/mol. The number of carbonyl (C=O) groups is 4. The zero-order valence-electron chi connectivity index (χ0n) is 16.6. The summed E-state index contributed by atoms with van der Waals surface area (Å²) in [5.74, 6) is -2.63. The number of rotatable bonds is 12. The van der Waals surface area contributed by atoms with Crippen molar-refractivity contribution in [2.75, 3.05) is 19.6 Å². The molecule has 0 radical (unpaired) electrons. The maximum absolute atomic E-state index is 12.8. The number of carbonyl (C=O) groups excluding carboxylic acids is 3. The number of nitrogens with two attached hydrogens (primary N) is 1. The summed E-state index contributed by atoms with van der Waals surface area (Å²) in [6.45, 7) is 4.31. The third kappa shape index (κ3) is 8.22. The molecule has 0 spiro atoms. The van der Waals surface area contributed by atoms with Gasteiger partial charge in [-0.15, -0.1) is 0 Å². The molecular weight excluding hydrogens is 366 g/mol. The first-order valence-electron chi connectivity index (χ1n) is 9.80. The normalized spacial score (nSPS) is 18.4. The molecule has 0 saturated carbocycles. The zero-order chi connectivity index (χ0) is 21.1. The number of hydrogen-bond donors (Lipinski definition) is 6. The minimum Gasteiger partial charge on any atom is -0.480 e. The fraction of sp³-hybridized carbons (Fsp3) is 0.778. The number of aliphatic carboxylic acids is 1. The summed E-state index contributed by atoms with van der Waals surface area (Å²) >= 11 is 0. The number of hydrogen-bond acceptors (Lipinski definition) is 6. The minimum absolute atomic E-state index is 0.183. The van der Waals surface area contributed by atoms with Crippen molar-refractivity contribution in [3.63, 3.8) is 0 Å². The van der Waals surface area contributed by atoms with Gasteiger partial charge in [0.2, 0.25) is 17.7 Å². The molecule has 0 aliphatic carbocycles. The van der Waals surface area contributed by atoms with Crippen molar-refractivity contribution < 1.29 is 24.3 Å². The van der Waals surface area contributed by atoms with Gasteiger partial charge in [0.1, 0.15) is 18.6 Å². The van der Waals surface area contributed by atoms with E-state index < -0.39 is 36.4 Å². The maximum Gasteiger partial charge on any atom is 0.322 e. The van der Waals surface area contributed by atoms with E-state index in [-0.39, 0.29) is 17.9 Å². The van der Waals surface area contributed by atoms with Gasteiger partial charge in [-0.25, -0.2) is 0 Å². The van der Waals surface area contributed by atoms with Crippen molar-refractivity contribution in [2.24, 2.45) is 11.7 Å². The fourth-order valence-electron chi connectivity index (χ4n) is 3.01. The van der Waals surface area contributed by atoms with E-state index in [9.17, 15) is 19.2 Å². The second-order valence-corrected chi connectivity index (χ2v) is 7.34. The Morgan fingerprint density at radius 3 is 2.39 bits per heavy atom. The number of carboxylic acids is 1. The first-order chi connectivity index (χ1) is 13.3. The molecule has 7 N–H and O–H groups in total. The highest BCUT2D eigenvalue weighted by atomic mass is 16.4. The van der Waals surface area contributed by atoms with Gasteiger partial charge in [0.25, 0.3) is 0 Å². The lowest BCUT2D eigenvalue weighted by Gasteiger charge is -2.26. The van der Waals surface area contributed by atoms with E-state index in [0.29, 0.717) is 25.8 Å². The van der Waals surface area contributed by atoms with Crippen LogP contribution in [0, 0.1) is 5.92 Å². The average molecular weight is 399 g/mol. The predicted octanol–water partition coefficient (Wildman–Crippen LogP) is -1.31. The first kappa shape index (κ1) is 23.8. The SMILES string of the molecule is CC(C)[C@H](NC(=O)[C@@H]1CCCN1)C(=O)N[C@@H](CCCCN)C(=O)NCC(=O)O. The molecule has 0 aromatic rings. The van der Waals surface area contributed by atoms with E-state index in [0.717, 1.165) is 19.4 Å². The Labute approximate surface area is 165 Å². The van der Waals surface area contributed by atoms with E-state index in [1.165, 1.54) is 0 Å². The summed E-state index contributed by atoms with van der Waals surface area (Å²) in [7, 11) is 0. The fourth-order valence-corrected chi connectivity index (χ4v) is 3.01. The molecule has 1 aliphatic rings. The monoisotopic (exact) mass is 399 g/mol. The van der Waals surface area contributed by atoms with Crippen LogP contribution in [-0.4, -0.2) is 66.6 Å². The molecule has 1 heterocycles. The summed E-state index contributed by atoms with van der Waals surface area (Å²) < 4.78 is 0. The zero-order valence-corrected chi connectivity index (χ0v) is 16.6. The smallest absolute Gasteiger partial charge is 0.322 e. The lowest BCUT2D eigenvalue weighted by Crippen LogP contribution is -2.57. The van der Waals surface area contributed by atoms with Gasteiger partial charge in [0.05, 0.1) is 6.04 Å². The molecule has 28 heavy (non-hydrogen) atoms. The molecule has 10 nitrogen and oxygen atoms in total. The van der Waals surface area contributed by atoms with Crippen molar-refractivity contribution in [3.8, 4) is 0 Å². The van der Waals surface area contributed by atoms with Gasteiger partial charge in [-0.2, -0.15) is 0 Å². The number of carboxylic acid groups (broad SMARTS) is 1. The molecule has 10 heteroatoms. The van der Waals surface area contributed by atoms with Gasteiger partial charge in [-0.3, -0.25) is 19.2 Å². The van der Waals surface area contributed by atoms with Crippen LogP contribution in [-0.2, 0) is 19.2 Å². The highest BCUT2D eigenvalue weighted by Gasteiger charge is 2.31. The van der Waals surface area contributed by atoms with Gasteiger partial charge >= 0.3 is 5.97 Å². The third-order valence-corrected chi connectivity index (χ3v) is 4.62. The molecule has 0 bridgehead atoms. The summed E-state index contributed by atoms with van der Waals surface area (Å²) in [6.07, 6.45) is 3.24. The molecular formula is C18H33N5O5. The van der Waals surface area contributed by atoms with Crippen LogP contribution in [0.3, 0.4) is 0 Å². The van der Waals surface area contributed by atoms with Crippen LogP contribution in [0.25, 0.3) is 0 Å². The Bertz CT molecular complexity index is 548. The Morgan fingerprint density at radius 2 is 1.86 bits per heavy atom. The highest BCUT2D eigenvalue weighted by Crippen LogP contribution is 2.09. The molecule has 3 atom stereocenters. The average Bonchev–Trinajstić information content (AvgIpc) is 3.17. The van der Waals surface area contributed by atoms with Crippen LogP contribution in [0.15, 0.2) is 0 Å². The minimum atomic E-state index is -1.17. The molecule has 160 valence electrons. The van der Waals surface area contributed by atoms with Crippen LogP contribution in [0.5, 0.6) is 0 Å². The molecule has 0 unspecified atom stereocenters. The molecule has 1 fully saturated rings. The van der Waals surface area contributed by atoms with Gasteiger partial charge in [-0.05, 0) is 51.1 Å². The van der Waals surface area contributed by atoms with Crippen molar-refractivity contribution in [3.05, 3.63) is 0 Å². The Balaban J connectivity index is 2.74. The number of nitrogens with one attached hydrogen (secondary N) is 4. The van der Waals surface area contributed by atoms with Crippen LogP contribution >= 0.6 is 0 Å². The first-order valence-corrected chi connectivity index (χ1v) is 9.80. The summed E-state index contributed by atoms with van der Waals surface area (Å²) in [6, 6.07) is -1.99. The van der Waals surface area contributed by atoms with E-state index in [1.807, 2.05) is 0 Å². The van der Waals surface area contributed by atoms with Gasteiger partial charge < -0.3 is 32.1 Å². The van der Waals surface area contributed by atoms with E-state index >= 15 is 0 Å². The Morgan fingerprint density at radius 1 is 1.14 bits per heavy atom. The Hall–Kier alpha value is -2.20. The number of unbranched alkanes of at least 4 members (excludes halogenated alkanes) is 1. The van der Waals surface area contributed by atoms with E-state index in [2.05, 4.69) is 21.3 Å². The molecule has 1 saturated heterocycles. The van der Waals surface area contributed by atoms with Crippen molar-refractivity contribution >= 4 is 23.7 Å². The second-order valence-electron chi connectivity index (χ2n) is 7.34. The summed E-state index contributed by atoms with van der Waals surface area (Å²) in [5.41, 5.74) is 5.47. The third-order valence-electron chi connectivity index (χ3n) is 4.62. The summed E-state index contributed by atoms with van der Waals surface area (Å²) in [4.78, 5) is 48.1. The summed E-state index contributed by atoms with van der Waals surface area (Å²) in [5, 5.41) is 19.5. The van der Waals surface area contributed by atoms with Crippen LogP contribution < -0.4 is 27.0 Å². The van der Waals surface area contributed by atoms with Gasteiger partial charge in [-0.1, -0.05) is 13.8 Å². The molecule has 0 aromatic carbocycles. The van der Waals surface area contributed by atoms with Crippen molar-refractivity contribution in [1.82, 2.24) is 21.3 Å². The van der Waals surface area contributed by atoms with Crippen molar-refractivity contribution in [1.29, 1.82) is 0 Å². The van der Waals surface area contributed by atoms with Gasteiger partial charge in [0.15, 0.2) is 0 Å². The maximum atomic E-state index is 12.8. The van der Waals surface area contributed by atoms with Crippen LogP contribution in [0.4, 0.5) is 0 Å². The number of amides is 3. The molecule has 3 amide bonds. The van der Waals surface area contributed by atoms with E-state index in [4.69, 9.17) is 10.8 Å². The van der Waals surface area contributed by atoms with Crippen LogP contribution in [0.1, 0.15) is 46.0 Å². The van der Waals surface area contributed by atoms with Crippen molar-refractivity contribution in [2.45, 2.75) is 64.1 Å². The topological polar surface area (TPSA) is 163 Å². The van der Waals surface area contributed by atoms with E-state index in [1.54, 1.807) is 13.8 Å². The highest BCUT2D eigenvalue weighted by molar-refractivity contribution is 5.93. The second kappa shape index (κ2) is 12.3.